The van der Waals surface area contributed by atoms with Crippen molar-refractivity contribution in [3.8, 4) is 11.3 Å². The monoisotopic (exact) mass is 322 g/mol. The van der Waals surface area contributed by atoms with Gasteiger partial charge in [0, 0.05) is 12.1 Å². The van der Waals surface area contributed by atoms with E-state index in [1.807, 2.05) is 13.8 Å². The molecule has 0 saturated carbocycles. The average molecular weight is 322 g/mol. The summed E-state index contributed by atoms with van der Waals surface area (Å²) in [7, 11) is 0. The van der Waals surface area contributed by atoms with E-state index >= 15 is 0 Å². The third-order valence-corrected chi connectivity index (χ3v) is 3.16. The Bertz CT molecular complexity index is 696. The first-order valence-electron chi connectivity index (χ1n) is 7.21. The zero-order valence-electron chi connectivity index (χ0n) is 12.8. The molecule has 2 aromatic rings. The van der Waals surface area contributed by atoms with Gasteiger partial charge in [-0.05, 0) is 24.1 Å². The lowest BCUT2D eigenvalue weighted by atomic mass is 10.0. The Morgan fingerprint density at radius 1 is 1.13 bits per heavy atom. The summed E-state index contributed by atoms with van der Waals surface area (Å²) >= 11 is 0. The molecule has 0 atom stereocenters. The Kier molecular flexibility index (Phi) is 5.03. The van der Waals surface area contributed by atoms with Gasteiger partial charge in [0.25, 0.3) is 5.91 Å². The fraction of sp³-hybridized carbons (Fsp3) is 0.294. The van der Waals surface area contributed by atoms with Crippen LogP contribution < -0.4 is 5.32 Å². The van der Waals surface area contributed by atoms with Crippen molar-refractivity contribution in [1.29, 1.82) is 0 Å². The lowest BCUT2D eigenvalue weighted by Crippen LogP contribution is -2.28. The third kappa shape index (κ3) is 4.31. The van der Waals surface area contributed by atoms with Crippen molar-refractivity contribution < 1.29 is 18.0 Å². The van der Waals surface area contributed by atoms with Crippen molar-refractivity contribution in [2.75, 3.05) is 6.54 Å². The summed E-state index contributed by atoms with van der Waals surface area (Å²) in [6.07, 6.45) is -4.48. The molecule has 0 unspecified atom stereocenters. The molecule has 1 aromatic heterocycles. The maximum absolute atomic E-state index is 13.1. The highest BCUT2D eigenvalue weighted by Gasteiger charge is 2.33. The van der Waals surface area contributed by atoms with Crippen LogP contribution >= 0.6 is 0 Å². The summed E-state index contributed by atoms with van der Waals surface area (Å²) in [6, 6.07) is 9.66. The van der Waals surface area contributed by atoms with E-state index in [2.05, 4.69) is 10.3 Å². The number of benzene rings is 1. The molecule has 1 heterocycles. The molecule has 122 valence electrons. The van der Waals surface area contributed by atoms with E-state index in [0.29, 0.717) is 6.54 Å². The smallest absolute Gasteiger partial charge is 0.350 e. The van der Waals surface area contributed by atoms with Crippen LogP contribution in [0.4, 0.5) is 13.2 Å². The molecule has 2 rings (SSSR count). The maximum atomic E-state index is 13.1. The summed E-state index contributed by atoms with van der Waals surface area (Å²) in [5, 5.41) is 2.70. The first kappa shape index (κ1) is 17.0. The molecule has 1 amide bonds. The van der Waals surface area contributed by atoms with Crippen LogP contribution in [0.15, 0.2) is 42.5 Å². The zero-order chi connectivity index (χ0) is 17.0. The summed E-state index contributed by atoms with van der Waals surface area (Å²) < 4.78 is 39.3. The van der Waals surface area contributed by atoms with Crippen LogP contribution in [-0.4, -0.2) is 17.4 Å². The van der Waals surface area contributed by atoms with E-state index in [-0.39, 0.29) is 22.9 Å². The van der Waals surface area contributed by atoms with Crippen LogP contribution in [0.2, 0.25) is 0 Å². The molecule has 0 aliphatic carbocycles. The predicted octanol–water partition coefficient (Wildman–Crippen LogP) is 4.15. The van der Waals surface area contributed by atoms with Gasteiger partial charge in [-0.3, -0.25) is 4.79 Å². The van der Waals surface area contributed by atoms with Gasteiger partial charge >= 0.3 is 6.18 Å². The largest absolute Gasteiger partial charge is 0.417 e. The van der Waals surface area contributed by atoms with Gasteiger partial charge in [0.15, 0.2) is 0 Å². The van der Waals surface area contributed by atoms with Crippen LogP contribution in [0.25, 0.3) is 11.3 Å². The number of amides is 1. The summed E-state index contributed by atoms with van der Waals surface area (Å²) in [4.78, 5) is 16.1. The van der Waals surface area contributed by atoms with Crippen molar-refractivity contribution in [3.05, 3.63) is 53.7 Å². The van der Waals surface area contributed by atoms with E-state index in [0.717, 1.165) is 6.07 Å². The number of pyridine rings is 1. The number of carbonyl (C=O) groups is 1. The van der Waals surface area contributed by atoms with Crippen molar-refractivity contribution in [2.24, 2.45) is 5.92 Å². The lowest BCUT2D eigenvalue weighted by Gasteiger charge is -2.13. The molecule has 1 N–H and O–H groups in total. The first-order chi connectivity index (χ1) is 10.8. The fourth-order valence-electron chi connectivity index (χ4n) is 2.05. The molecule has 3 nitrogen and oxygen atoms in total. The zero-order valence-corrected chi connectivity index (χ0v) is 12.8. The van der Waals surface area contributed by atoms with Crippen molar-refractivity contribution in [1.82, 2.24) is 10.3 Å². The highest BCUT2D eigenvalue weighted by molar-refractivity contribution is 5.92. The molecule has 0 aliphatic rings. The van der Waals surface area contributed by atoms with E-state index in [1.165, 1.54) is 36.4 Å². The number of halogens is 3. The van der Waals surface area contributed by atoms with Gasteiger partial charge in [-0.15, -0.1) is 0 Å². The molecule has 6 heteroatoms. The second-order valence-corrected chi connectivity index (χ2v) is 5.56. The van der Waals surface area contributed by atoms with Gasteiger partial charge in [0.1, 0.15) is 5.69 Å². The van der Waals surface area contributed by atoms with Gasteiger partial charge in [0.05, 0.1) is 11.3 Å². The lowest BCUT2D eigenvalue weighted by molar-refractivity contribution is -0.137. The van der Waals surface area contributed by atoms with Crippen molar-refractivity contribution in [3.63, 3.8) is 0 Å². The summed E-state index contributed by atoms with van der Waals surface area (Å²) in [5.74, 6) is -0.127. The number of nitrogens with zero attached hydrogens (tertiary/aromatic N) is 1. The van der Waals surface area contributed by atoms with Crippen molar-refractivity contribution in [2.45, 2.75) is 20.0 Å². The standard InChI is InChI=1S/C17H17F3N2O/c1-11(2)10-21-16(23)15-9-5-8-14(22-15)12-6-3-4-7-13(12)17(18,19)20/h3-9,11H,10H2,1-2H3,(H,21,23). The molecule has 23 heavy (non-hydrogen) atoms. The van der Waals surface area contributed by atoms with Gasteiger partial charge in [-0.1, -0.05) is 38.1 Å². The minimum Gasteiger partial charge on any atom is -0.350 e. The highest BCUT2D eigenvalue weighted by Crippen LogP contribution is 2.36. The maximum Gasteiger partial charge on any atom is 0.417 e. The Morgan fingerprint density at radius 2 is 1.83 bits per heavy atom. The van der Waals surface area contributed by atoms with E-state index in [9.17, 15) is 18.0 Å². The number of hydrogen-bond donors (Lipinski definition) is 1. The summed E-state index contributed by atoms with van der Waals surface area (Å²) in [6.45, 7) is 4.37. The van der Waals surface area contributed by atoms with Gasteiger partial charge in [0.2, 0.25) is 0 Å². The third-order valence-electron chi connectivity index (χ3n) is 3.16. The Hall–Kier alpha value is -2.37. The van der Waals surface area contributed by atoms with E-state index < -0.39 is 17.6 Å². The number of alkyl halides is 3. The predicted molar refractivity (Wildman–Crippen MR) is 81.8 cm³/mol. The van der Waals surface area contributed by atoms with Crippen LogP contribution in [0, 0.1) is 5.92 Å². The van der Waals surface area contributed by atoms with Gasteiger partial charge < -0.3 is 5.32 Å². The van der Waals surface area contributed by atoms with Gasteiger partial charge in [-0.2, -0.15) is 13.2 Å². The number of nitrogens with one attached hydrogen (secondary N) is 1. The molecule has 0 aliphatic heterocycles. The highest BCUT2D eigenvalue weighted by atomic mass is 19.4. The summed E-state index contributed by atoms with van der Waals surface area (Å²) in [5.41, 5.74) is -0.596. The van der Waals surface area contributed by atoms with Crippen LogP contribution in [-0.2, 0) is 6.18 Å². The molecule has 0 bridgehead atoms. The van der Waals surface area contributed by atoms with E-state index in [4.69, 9.17) is 0 Å². The normalized spacial score (nSPS) is 11.6. The molecular weight excluding hydrogens is 305 g/mol. The molecule has 0 spiro atoms. The van der Waals surface area contributed by atoms with Crippen LogP contribution in [0.3, 0.4) is 0 Å². The molecule has 0 saturated heterocycles. The fourth-order valence-corrected chi connectivity index (χ4v) is 2.05. The van der Waals surface area contributed by atoms with Gasteiger partial charge in [-0.25, -0.2) is 4.98 Å². The number of carbonyl (C=O) groups excluding carboxylic acids is 1. The SMILES string of the molecule is CC(C)CNC(=O)c1cccc(-c2ccccc2C(F)(F)F)n1. The first-order valence-corrected chi connectivity index (χ1v) is 7.21. The van der Waals surface area contributed by atoms with E-state index in [1.54, 1.807) is 0 Å². The molecule has 0 radical (unpaired) electrons. The van der Waals surface area contributed by atoms with Crippen LogP contribution in [0.5, 0.6) is 0 Å². The number of rotatable bonds is 4. The van der Waals surface area contributed by atoms with Crippen molar-refractivity contribution >= 4 is 5.91 Å². The average Bonchev–Trinajstić information content (AvgIpc) is 2.52. The second-order valence-electron chi connectivity index (χ2n) is 5.56. The quantitative estimate of drug-likeness (QED) is 0.918. The van der Waals surface area contributed by atoms with Crippen LogP contribution in [0.1, 0.15) is 29.9 Å². The molecule has 0 fully saturated rings. The Balaban J connectivity index is 2.36. The topological polar surface area (TPSA) is 42.0 Å². The number of hydrogen-bond acceptors (Lipinski definition) is 2. The Labute approximate surface area is 132 Å². The molecular formula is C17H17F3N2O. The molecule has 1 aromatic carbocycles. The number of aromatic nitrogens is 1. The Morgan fingerprint density at radius 3 is 2.48 bits per heavy atom. The minimum absolute atomic E-state index is 0.0430. The minimum atomic E-state index is -4.48. The second kappa shape index (κ2) is 6.81.